The first kappa shape index (κ1) is 14.9. The molecule has 0 bridgehead atoms. The summed E-state index contributed by atoms with van der Waals surface area (Å²) in [5.74, 6) is 0. The van der Waals surface area contributed by atoms with E-state index >= 15 is 0 Å². The van der Waals surface area contributed by atoms with Gasteiger partial charge in [-0.1, -0.05) is 49.6 Å². The Morgan fingerprint density at radius 3 is 2.60 bits per heavy atom. The molecule has 0 radical (unpaired) electrons. The Morgan fingerprint density at radius 2 is 1.90 bits per heavy atom. The van der Waals surface area contributed by atoms with Crippen LogP contribution in [0.5, 0.6) is 0 Å². The molecule has 0 saturated heterocycles. The van der Waals surface area contributed by atoms with Crippen molar-refractivity contribution in [3.8, 4) is 0 Å². The molecule has 3 heteroatoms. The summed E-state index contributed by atoms with van der Waals surface area (Å²) in [6.45, 7) is 2.07. The van der Waals surface area contributed by atoms with Crippen LogP contribution in [-0.2, 0) is 6.42 Å². The number of benzene rings is 1. The van der Waals surface area contributed by atoms with E-state index in [4.69, 9.17) is 0 Å². The Labute approximate surface area is 122 Å². The molecule has 0 spiro atoms. The summed E-state index contributed by atoms with van der Waals surface area (Å²) in [6.07, 6.45) is 8.04. The highest BCUT2D eigenvalue weighted by Gasteiger charge is 2.16. The number of amides is 2. The van der Waals surface area contributed by atoms with E-state index in [9.17, 15) is 4.79 Å². The highest BCUT2D eigenvalue weighted by Crippen LogP contribution is 2.17. The Hall–Kier alpha value is -1.51. The first-order valence-corrected chi connectivity index (χ1v) is 7.85. The fourth-order valence-corrected chi connectivity index (χ4v) is 2.80. The lowest BCUT2D eigenvalue weighted by Gasteiger charge is -2.24. The summed E-state index contributed by atoms with van der Waals surface area (Å²) in [7, 11) is 0. The van der Waals surface area contributed by atoms with Crippen LogP contribution >= 0.6 is 0 Å². The SMILES string of the molecule is C[C@@H](CCc1ccccc1)NC(=O)NC1CCCCC1. The van der Waals surface area contributed by atoms with Crippen LogP contribution in [0, 0.1) is 0 Å². The topological polar surface area (TPSA) is 41.1 Å². The van der Waals surface area contributed by atoms with Gasteiger partial charge in [0.2, 0.25) is 0 Å². The highest BCUT2D eigenvalue weighted by molar-refractivity contribution is 5.74. The van der Waals surface area contributed by atoms with Crippen LogP contribution in [0.25, 0.3) is 0 Å². The van der Waals surface area contributed by atoms with Gasteiger partial charge in [0.25, 0.3) is 0 Å². The minimum atomic E-state index is -0.00235. The molecule has 1 aliphatic carbocycles. The number of aryl methyl sites for hydroxylation is 1. The molecular formula is C17H26N2O. The van der Waals surface area contributed by atoms with Crippen molar-refractivity contribution >= 4 is 6.03 Å². The molecule has 2 rings (SSSR count). The van der Waals surface area contributed by atoms with E-state index in [2.05, 4.69) is 41.8 Å². The number of carbonyl (C=O) groups excluding carboxylic acids is 1. The van der Waals surface area contributed by atoms with Gasteiger partial charge < -0.3 is 10.6 Å². The van der Waals surface area contributed by atoms with Crippen molar-refractivity contribution in [2.75, 3.05) is 0 Å². The highest BCUT2D eigenvalue weighted by atomic mass is 16.2. The van der Waals surface area contributed by atoms with Crippen LogP contribution in [0.15, 0.2) is 30.3 Å². The Bertz CT molecular complexity index is 399. The summed E-state index contributed by atoms with van der Waals surface area (Å²) < 4.78 is 0. The lowest BCUT2D eigenvalue weighted by Crippen LogP contribution is -2.46. The molecule has 110 valence electrons. The van der Waals surface area contributed by atoms with Gasteiger partial charge >= 0.3 is 6.03 Å². The minimum absolute atomic E-state index is 0.00235. The second-order valence-corrected chi connectivity index (χ2v) is 5.88. The van der Waals surface area contributed by atoms with E-state index in [1.165, 1.54) is 24.8 Å². The summed E-state index contributed by atoms with van der Waals surface area (Å²) in [4.78, 5) is 11.9. The summed E-state index contributed by atoms with van der Waals surface area (Å²) >= 11 is 0. The van der Waals surface area contributed by atoms with Crippen LogP contribution in [0.3, 0.4) is 0 Å². The monoisotopic (exact) mass is 274 g/mol. The normalized spacial score (nSPS) is 17.4. The van der Waals surface area contributed by atoms with E-state index in [1.807, 2.05) is 6.07 Å². The van der Waals surface area contributed by atoms with Gasteiger partial charge in [0.15, 0.2) is 0 Å². The standard InChI is InChI=1S/C17H26N2O/c1-14(12-13-15-8-4-2-5-9-15)18-17(20)19-16-10-6-3-7-11-16/h2,4-5,8-9,14,16H,3,6-7,10-13H2,1H3,(H2,18,19,20)/t14-/m0/s1. The number of hydrogen-bond donors (Lipinski definition) is 2. The fourth-order valence-electron chi connectivity index (χ4n) is 2.80. The number of nitrogens with one attached hydrogen (secondary N) is 2. The quantitative estimate of drug-likeness (QED) is 0.845. The van der Waals surface area contributed by atoms with Gasteiger partial charge in [0.1, 0.15) is 0 Å². The van der Waals surface area contributed by atoms with Crippen molar-refractivity contribution in [1.82, 2.24) is 10.6 Å². The van der Waals surface area contributed by atoms with Gasteiger partial charge in [0.05, 0.1) is 0 Å². The van der Waals surface area contributed by atoms with Crippen LogP contribution < -0.4 is 10.6 Å². The summed E-state index contributed by atoms with van der Waals surface area (Å²) in [6, 6.07) is 11.0. The van der Waals surface area contributed by atoms with Crippen molar-refractivity contribution in [3.05, 3.63) is 35.9 Å². The molecule has 2 N–H and O–H groups in total. The molecule has 3 nitrogen and oxygen atoms in total. The number of urea groups is 1. The van der Waals surface area contributed by atoms with Gasteiger partial charge in [-0.2, -0.15) is 0 Å². The fraction of sp³-hybridized carbons (Fsp3) is 0.588. The molecule has 2 amide bonds. The summed E-state index contributed by atoms with van der Waals surface area (Å²) in [5.41, 5.74) is 1.33. The Morgan fingerprint density at radius 1 is 1.20 bits per heavy atom. The molecule has 1 fully saturated rings. The third-order valence-electron chi connectivity index (χ3n) is 4.03. The van der Waals surface area contributed by atoms with Gasteiger partial charge in [0, 0.05) is 12.1 Å². The van der Waals surface area contributed by atoms with Gasteiger partial charge in [-0.3, -0.25) is 0 Å². The Balaban J connectivity index is 1.65. The molecular weight excluding hydrogens is 248 g/mol. The zero-order valence-electron chi connectivity index (χ0n) is 12.4. The lowest BCUT2D eigenvalue weighted by molar-refractivity contribution is 0.229. The molecule has 20 heavy (non-hydrogen) atoms. The third-order valence-corrected chi connectivity index (χ3v) is 4.03. The van der Waals surface area contributed by atoms with Gasteiger partial charge in [-0.05, 0) is 38.2 Å². The first-order valence-electron chi connectivity index (χ1n) is 7.85. The van der Waals surface area contributed by atoms with Crippen molar-refractivity contribution < 1.29 is 4.79 Å². The third kappa shape index (κ3) is 5.24. The molecule has 0 aromatic heterocycles. The molecule has 0 aliphatic heterocycles. The second kappa shape index (κ2) is 7.93. The van der Waals surface area contributed by atoms with Crippen molar-refractivity contribution in [2.45, 2.75) is 64.0 Å². The zero-order chi connectivity index (χ0) is 14.2. The maximum atomic E-state index is 11.9. The number of carbonyl (C=O) groups is 1. The van der Waals surface area contributed by atoms with Crippen molar-refractivity contribution in [2.24, 2.45) is 0 Å². The van der Waals surface area contributed by atoms with Gasteiger partial charge in [-0.15, -0.1) is 0 Å². The maximum absolute atomic E-state index is 11.9. The number of rotatable bonds is 5. The number of hydrogen-bond acceptors (Lipinski definition) is 1. The van der Waals surface area contributed by atoms with Gasteiger partial charge in [-0.25, -0.2) is 4.79 Å². The molecule has 1 aromatic rings. The maximum Gasteiger partial charge on any atom is 0.315 e. The predicted octanol–water partition coefficient (Wildman–Crippen LogP) is 3.64. The van der Waals surface area contributed by atoms with E-state index in [0.717, 1.165) is 25.7 Å². The zero-order valence-corrected chi connectivity index (χ0v) is 12.4. The van der Waals surface area contributed by atoms with E-state index in [0.29, 0.717) is 6.04 Å². The molecule has 1 aromatic carbocycles. The smallest absolute Gasteiger partial charge is 0.315 e. The minimum Gasteiger partial charge on any atom is -0.336 e. The van der Waals surface area contributed by atoms with Crippen LogP contribution in [0.2, 0.25) is 0 Å². The second-order valence-electron chi connectivity index (χ2n) is 5.88. The molecule has 0 unspecified atom stereocenters. The van der Waals surface area contributed by atoms with Crippen molar-refractivity contribution in [1.29, 1.82) is 0 Å². The average Bonchev–Trinajstić information content (AvgIpc) is 2.47. The van der Waals surface area contributed by atoms with E-state index in [1.54, 1.807) is 0 Å². The molecule has 1 aliphatic rings. The first-order chi connectivity index (χ1) is 9.74. The molecule has 0 heterocycles. The van der Waals surface area contributed by atoms with Crippen LogP contribution in [0.4, 0.5) is 4.79 Å². The van der Waals surface area contributed by atoms with Crippen LogP contribution in [0.1, 0.15) is 51.0 Å². The van der Waals surface area contributed by atoms with E-state index < -0.39 is 0 Å². The van der Waals surface area contributed by atoms with Crippen LogP contribution in [-0.4, -0.2) is 18.1 Å². The van der Waals surface area contributed by atoms with E-state index in [-0.39, 0.29) is 12.1 Å². The Kier molecular flexibility index (Phi) is 5.90. The van der Waals surface area contributed by atoms with Crippen molar-refractivity contribution in [3.63, 3.8) is 0 Å². The molecule has 1 saturated carbocycles. The average molecular weight is 274 g/mol. The largest absolute Gasteiger partial charge is 0.336 e. The predicted molar refractivity (Wildman–Crippen MR) is 82.8 cm³/mol. The summed E-state index contributed by atoms with van der Waals surface area (Å²) in [5, 5.41) is 6.15. The lowest BCUT2D eigenvalue weighted by atomic mass is 9.96. The molecule has 1 atom stereocenters.